The Balaban J connectivity index is 2.63. The highest BCUT2D eigenvalue weighted by Crippen LogP contribution is 2.67. The van der Waals surface area contributed by atoms with E-state index in [1.807, 2.05) is 20.8 Å². The van der Waals surface area contributed by atoms with Crippen LogP contribution in [0.1, 0.15) is 40.0 Å². The van der Waals surface area contributed by atoms with Crippen LogP contribution in [0.25, 0.3) is 0 Å². The van der Waals surface area contributed by atoms with E-state index in [9.17, 15) is 15.0 Å². The fourth-order valence-electron chi connectivity index (χ4n) is 5.00. The lowest BCUT2D eigenvalue weighted by Gasteiger charge is -2.58. The second kappa shape index (κ2) is 4.57. The van der Waals surface area contributed by atoms with Crippen molar-refractivity contribution in [1.82, 2.24) is 0 Å². The predicted octanol–water partition coefficient (Wildman–Crippen LogP) is 1.90. The topological polar surface area (TPSA) is 66.8 Å². The molecule has 0 radical (unpaired) electrons. The summed E-state index contributed by atoms with van der Waals surface area (Å²) in [5.41, 5.74) is -2.58. The summed E-state index contributed by atoms with van der Waals surface area (Å²) in [6.07, 6.45) is 2.36. The Bertz CT molecular complexity index is 434. The van der Waals surface area contributed by atoms with Crippen molar-refractivity contribution in [1.29, 1.82) is 0 Å². The monoisotopic (exact) mass is 282 g/mol. The third kappa shape index (κ3) is 1.52. The minimum Gasteiger partial charge on any atom is -0.468 e. The van der Waals surface area contributed by atoms with Crippen molar-refractivity contribution in [3.63, 3.8) is 0 Å². The second-order valence-corrected chi connectivity index (χ2v) is 6.85. The molecule has 2 saturated carbocycles. The normalized spacial score (nSPS) is 51.4. The van der Waals surface area contributed by atoms with Crippen LogP contribution in [0.5, 0.6) is 0 Å². The van der Waals surface area contributed by atoms with Crippen LogP contribution in [-0.2, 0) is 9.53 Å². The molecule has 20 heavy (non-hydrogen) atoms. The molecule has 0 aromatic heterocycles. The summed E-state index contributed by atoms with van der Waals surface area (Å²) in [4.78, 5) is 12.6. The number of carbonyl (C=O) groups excluding carboxylic acids is 1. The number of hydrogen-bond donors (Lipinski definition) is 2. The van der Waals surface area contributed by atoms with Gasteiger partial charge >= 0.3 is 5.97 Å². The Morgan fingerprint density at radius 1 is 1.45 bits per heavy atom. The standard InChI is InChI=1S/C16H26O4/c1-6-15(19)9-12(17)16(13(18)20-5)10(2)7-8-14(16,4)11(15)3/h6,10-12,17,19H,1,7-9H2,2-5H3. The maximum absolute atomic E-state index is 12.6. The van der Waals surface area contributed by atoms with Gasteiger partial charge in [-0.1, -0.05) is 26.8 Å². The van der Waals surface area contributed by atoms with Crippen molar-refractivity contribution in [3.05, 3.63) is 12.7 Å². The van der Waals surface area contributed by atoms with Crippen LogP contribution in [0.4, 0.5) is 0 Å². The van der Waals surface area contributed by atoms with Gasteiger partial charge in [-0.3, -0.25) is 4.79 Å². The number of ether oxygens (including phenoxy) is 1. The predicted molar refractivity (Wildman–Crippen MR) is 75.9 cm³/mol. The van der Waals surface area contributed by atoms with Crippen molar-refractivity contribution >= 4 is 5.97 Å². The van der Waals surface area contributed by atoms with E-state index in [0.717, 1.165) is 12.8 Å². The van der Waals surface area contributed by atoms with Gasteiger partial charge in [0.25, 0.3) is 0 Å². The molecule has 0 aliphatic heterocycles. The van der Waals surface area contributed by atoms with Crippen molar-refractivity contribution in [3.8, 4) is 0 Å². The molecule has 0 aromatic carbocycles. The molecule has 2 N–H and O–H groups in total. The van der Waals surface area contributed by atoms with Gasteiger partial charge in [-0.05, 0) is 30.1 Å². The number of aliphatic hydroxyl groups excluding tert-OH is 1. The Hall–Kier alpha value is -0.870. The van der Waals surface area contributed by atoms with Crippen LogP contribution < -0.4 is 0 Å². The van der Waals surface area contributed by atoms with E-state index in [0.29, 0.717) is 0 Å². The van der Waals surface area contributed by atoms with Gasteiger partial charge in [0.05, 0.1) is 18.8 Å². The third-order valence-electron chi connectivity index (χ3n) is 6.45. The zero-order chi connectivity index (χ0) is 15.3. The first-order chi connectivity index (χ1) is 9.20. The SMILES string of the molecule is C=CC1(O)CC(O)C2(C(=O)OC)C(C)CCC2(C)C1C. The molecule has 0 aromatic rings. The van der Waals surface area contributed by atoms with Crippen LogP contribution in [-0.4, -0.2) is 35.0 Å². The molecule has 2 aliphatic rings. The molecule has 4 nitrogen and oxygen atoms in total. The average molecular weight is 282 g/mol. The summed E-state index contributed by atoms with van der Waals surface area (Å²) in [6, 6.07) is 0. The van der Waals surface area contributed by atoms with Crippen molar-refractivity contribution < 1.29 is 19.7 Å². The van der Waals surface area contributed by atoms with Gasteiger partial charge in [0.1, 0.15) is 5.41 Å². The van der Waals surface area contributed by atoms with E-state index in [1.165, 1.54) is 13.2 Å². The van der Waals surface area contributed by atoms with Crippen molar-refractivity contribution in [2.24, 2.45) is 22.7 Å². The summed E-state index contributed by atoms with van der Waals surface area (Å²) in [7, 11) is 1.37. The summed E-state index contributed by atoms with van der Waals surface area (Å²) in [5, 5.41) is 21.5. The molecule has 2 rings (SSSR count). The average Bonchev–Trinajstić information content (AvgIpc) is 2.70. The van der Waals surface area contributed by atoms with Crippen LogP contribution in [0, 0.1) is 22.7 Å². The minimum absolute atomic E-state index is 0.0340. The molecule has 6 unspecified atom stereocenters. The molecule has 2 fully saturated rings. The van der Waals surface area contributed by atoms with E-state index in [1.54, 1.807) is 0 Å². The maximum atomic E-state index is 12.6. The zero-order valence-electron chi connectivity index (χ0n) is 12.8. The van der Waals surface area contributed by atoms with Gasteiger partial charge in [-0.2, -0.15) is 0 Å². The second-order valence-electron chi connectivity index (χ2n) is 6.85. The van der Waals surface area contributed by atoms with E-state index < -0.39 is 22.5 Å². The Morgan fingerprint density at radius 3 is 2.55 bits per heavy atom. The molecule has 0 bridgehead atoms. The lowest BCUT2D eigenvalue weighted by molar-refractivity contribution is -0.217. The van der Waals surface area contributed by atoms with Gasteiger partial charge in [0.2, 0.25) is 0 Å². The summed E-state index contributed by atoms with van der Waals surface area (Å²) in [6.45, 7) is 9.65. The molecular weight excluding hydrogens is 256 g/mol. The first-order valence-electron chi connectivity index (χ1n) is 7.33. The Kier molecular flexibility index (Phi) is 3.54. The van der Waals surface area contributed by atoms with Crippen molar-refractivity contribution in [2.45, 2.75) is 51.7 Å². The molecule has 0 heterocycles. The van der Waals surface area contributed by atoms with Crippen LogP contribution in [0.2, 0.25) is 0 Å². The molecule has 0 amide bonds. The van der Waals surface area contributed by atoms with E-state index in [2.05, 4.69) is 6.58 Å². The molecular formula is C16H26O4. The molecule has 0 spiro atoms. The molecule has 6 atom stereocenters. The highest BCUT2D eigenvalue weighted by molar-refractivity contribution is 5.80. The first-order valence-corrected chi connectivity index (χ1v) is 7.33. The van der Waals surface area contributed by atoms with Gasteiger partial charge in [0, 0.05) is 6.42 Å². The fourth-order valence-corrected chi connectivity index (χ4v) is 5.00. The van der Waals surface area contributed by atoms with Gasteiger partial charge in [-0.25, -0.2) is 0 Å². The van der Waals surface area contributed by atoms with Gasteiger partial charge in [-0.15, -0.1) is 6.58 Å². The van der Waals surface area contributed by atoms with E-state index in [4.69, 9.17) is 4.74 Å². The quantitative estimate of drug-likeness (QED) is 0.599. The van der Waals surface area contributed by atoms with E-state index >= 15 is 0 Å². The Morgan fingerprint density at radius 2 is 2.05 bits per heavy atom. The smallest absolute Gasteiger partial charge is 0.315 e. The van der Waals surface area contributed by atoms with Crippen molar-refractivity contribution in [2.75, 3.05) is 7.11 Å². The maximum Gasteiger partial charge on any atom is 0.315 e. The zero-order valence-corrected chi connectivity index (χ0v) is 12.8. The largest absolute Gasteiger partial charge is 0.468 e. The Labute approximate surface area is 120 Å². The molecule has 0 saturated heterocycles. The highest BCUT2D eigenvalue weighted by Gasteiger charge is 2.72. The third-order valence-corrected chi connectivity index (χ3v) is 6.45. The summed E-state index contributed by atoms with van der Waals surface area (Å²) >= 11 is 0. The number of carbonyl (C=O) groups is 1. The van der Waals surface area contributed by atoms with E-state index in [-0.39, 0.29) is 24.2 Å². The number of esters is 1. The van der Waals surface area contributed by atoms with Gasteiger partial charge in [0.15, 0.2) is 0 Å². The number of hydrogen-bond acceptors (Lipinski definition) is 4. The lowest BCUT2D eigenvalue weighted by atomic mass is 9.47. The van der Waals surface area contributed by atoms with Crippen LogP contribution in [0.15, 0.2) is 12.7 Å². The number of fused-ring (bicyclic) bond motifs is 1. The highest BCUT2D eigenvalue weighted by atomic mass is 16.5. The van der Waals surface area contributed by atoms with Crippen LogP contribution >= 0.6 is 0 Å². The molecule has 114 valence electrons. The number of rotatable bonds is 2. The van der Waals surface area contributed by atoms with Gasteiger partial charge < -0.3 is 14.9 Å². The minimum atomic E-state index is -1.14. The summed E-state index contributed by atoms with van der Waals surface area (Å²) < 4.78 is 5.04. The number of aliphatic hydroxyl groups is 2. The summed E-state index contributed by atoms with van der Waals surface area (Å²) in [5.74, 6) is -0.484. The number of methoxy groups -OCH3 is 1. The molecule has 2 aliphatic carbocycles. The lowest BCUT2D eigenvalue weighted by Crippen LogP contribution is -2.66. The molecule has 4 heteroatoms. The first kappa shape index (κ1) is 15.5. The van der Waals surface area contributed by atoms with Crippen LogP contribution in [0.3, 0.4) is 0 Å². The fraction of sp³-hybridized carbons (Fsp3) is 0.812.